The van der Waals surface area contributed by atoms with Gasteiger partial charge in [0.25, 0.3) is 0 Å². The van der Waals surface area contributed by atoms with Crippen molar-refractivity contribution in [3.8, 4) is 0 Å². The highest BCUT2D eigenvalue weighted by Gasteiger charge is 2.51. The molecule has 3 amide bonds. The van der Waals surface area contributed by atoms with Crippen LogP contribution in [0.5, 0.6) is 0 Å². The van der Waals surface area contributed by atoms with Crippen molar-refractivity contribution in [2.24, 2.45) is 0 Å². The van der Waals surface area contributed by atoms with E-state index in [2.05, 4.69) is 16.3 Å². The molecule has 1 aromatic carbocycles. The average Bonchev–Trinajstić information content (AvgIpc) is 3.31. The molecule has 3 aliphatic rings. The molecule has 2 atom stereocenters. The molecule has 1 N–H and O–H groups in total. The summed E-state index contributed by atoms with van der Waals surface area (Å²) in [5.41, 5.74) is 1.69. The van der Waals surface area contributed by atoms with Crippen LogP contribution in [0.2, 0.25) is 0 Å². The molecule has 2 saturated heterocycles. The lowest BCUT2D eigenvalue weighted by atomic mass is 9.80. The normalized spacial score (nSPS) is 26.6. The monoisotopic (exact) mass is 402 g/mol. The molecule has 1 spiro atoms. The van der Waals surface area contributed by atoms with E-state index in [0.29, 0.717) is 26.1 Å². The summed E-state index contributed by atoms with van der Waals surface area (Å²) in [7, 11) is 3.51. The van der Waals surface area contributed by atoms with Gasteiger partial charge in [0, 0.05) is 57.9 Å². The Morgan fingerprint density at radius 1 is 1.24 bits per heavy atom. The summed E-state index contributed by atoms with van der Waals surface area (Å²) in [6.45, 7) is 5.74. The summed E-state index contributed by atoms with van der Waals surface area (Å²) < 4.78 is 11.3. The second-order valence-electron chi connectivity index (χ2n) is 8.31. The highest BCUT2D eigenvalue weighted by Crippen LogP contribution is 2.47. The summed E-state index contributed by atoms with van der Waals surface area (Å²) in [5, 5.41) is 3.02. The predicted octanol–water partition coefficient (Wildman–Crippen LogP) is 0.663. The van der Waals surface area contributed by atoms with Gasteiger partial charge >= 0.3 is 6.03 Å². The van der Waals surface area contributed by atoms with Crippen molar-refractivity contribution in [1.82, 2.24) is 15.1 Å². The predicted molar refractivity (Wildman–Crippen MR) is 109 cm³/mol. The molecule has 8 nitrogen and oxygen atoms in total. The van der Waals surface area contributed by atoms with Crippen LogP contribution in [0.1, 0.15) is 12.0 Å². The van der Waals surface area contributed by atoms with Crippen LogP contribution in [0.4, 0.5) is 10.5 Å². The lowest BCUT2D eigenvalue weighted by Crippen LogP contribution is -2.44. The molecule has 0 aromatic heterocycles. The standard InChI is InChI=1S/C21H30N4O4/c1-23(2)20(27)25-14-21(16-5-3-4-6-17(16)25)13-18(29-15-21)19(26)22-7-8-24-9-11-28-12-10-24/h3-6,18H,7-15H2,1-2H3,(H,22,26)/t18-,21-/m0/s1. The minimum atomic E-state index is -0.484. The van der Waals surface area contributed by atoms with Crippen LogP contribution in [0.3, 0.4) is 0 Å². The maximum atomic E-state index is 12.7. The topological polar surface area (TPSA) is 74.4 Å². The molecule has 3 heterocycles. The molecule has 158 valence electrons. The van der Waals surface area contributed by atoms with E-state index in [4.69, 9.17) is 9.47 Å². The first-order valence-electron chi connectivity index (χ1n) is 10.3. The van der Waals surface area contributed by atoms with Gasteiger partial charge < -0.3 is 19.7 Å². The van der Waals surface area contributed by atoms with Gasteiger partial charge in [-0.05, 0) is 18.1 Å². The third-order valence-corrected chi connectivity index (χ3v) is 6.10. The molecular formula is C21H30N4O4. The van der Waals surface area contributed by atoms with E-state index in [9.17, 15) is 9.59 Å². The largest absolute Gasteiger partial charge is 0.379 e. The van der Waals surface area contributed by atoms with Crippen LogP contribution in [-0.2, 0) is 19.7 Å². The second kappa shape index (κ2) is 8.30. The van der Waals surface area contributed by atoms with Crippen LogP contribution in [0, 0.1) is 0 Å². The number of fused-ring (bicyclic) bond motifs is 2. The Balaban J connectivity index is 1.39. The van der Waals surface area contributed by atoms with E-state index in [1.807, 2.05) is 18.2 Å². The van der Waals surface area contributed by atoms with Crippen LogP contribution in [0.15, 0.2) is 24.3 Å². The quantitative estimate of drug-likeness (QED) is 0.801. The number of rotatable bonds is 4. The fraction of sp³-hybridized carbons (Fsp3) is 0.619. The van der Waals surface area contributed by atoms with Gasteiger partial charge in [-0.1, -0.05) is 18.2 Å². The first-order valence-corrected chi connectivity index (χ1v) is 10.3. The molecule has 0 saturated carbocycles. The number of hydrogen-bond donors (Lipinski definition) is 1. The van der Waals surface area contributed by atoms with Crippen LogP contribution >= 0.6 is 0 Å². The minimum Gasteiger partial charge on any atom is -0.379 e. The second-order valence-corrected chi connectivity index (χ2v) is 8.31. The van der Waals surface area contributed by atoms with Crippen molar-refractivity contribution in [2.45, 2.75) is 17.9 Å². The fourth-order valence-electron chi connectivity index (χ4n) is 4.52. The maximum absolute atomic E-state index is 12.7. The zero-order valence-electron chi connectivity index (χ0n) is 17.2. The van der Waals surface area contributed by atoms with Gasteiger partial charge in [-0.15, -0.1) is 0 Å². The maximum Gasteiger partial charge on any atom is 0.323 e. The fourth-order valence-corrected chi connectivity index (χ4v) is 4.52. The lowest BCUT2D eigenvalue weighted by Gasteiger charge is -2.26. The van der Waals surface area contributed by atoms with Crippen molar-refractivity contribution >= 4 is 17.6 Å². The van der Waals surface area contributed by atoms with E-state index in [-0.39, 0.29) is 17.4 Å². The number of ether oxygens (including phenoxy) is 2. The zero-order chi connectivity index (χ0) is 20.4. The Labute approximate surface area is 171 Å². The molecule has 2 fully saturated rings. The van der Waals surface area contributed by atoms with E-state index in [0.717, 1.165) is 44.1 Å². The molecular weight excluding hydrogens is 372 g/mol. The number of nitrogens with one attached hydrogen (secondary N) is 1. The number of carbonyl (C=O) groups is 2. The molecule has 0 bridgehead atoms. The molecule has 8 heteroatoms. The smallest absolute Gasteiger partial charge is 0.323 e. The Kier molecular flexibility index (Phi) is 5.76. The molecule has 1 aromatic rings. The zero-order valence-corrected chi connectivity index (χ0v) is 17.2. The Hall–Kier alpha value is -2.16. The summed E-state index contributed by atoms with van der Waals surface area (Å²) in [6.07, 6.45) is 0.104. The first-order chi connectivity index (χ1) is 14.0. The molecule has 3 aliphatic heterocycles. The van der Waals surface area contributed by atoms with Gasteiger partial charge in [-0.3, -0.25) is 14.6 Å². The van der Waals surface area contributed by atoms with Gasteiger partial charge in [-0.2, -0.15) is 0 Å². The summed E-state index contributed by atoms with van der Waals surface area (Å²) in [4.78, 5) is 31.0. The van der Waals surface area contributed by atoms with Crippen LogP contribution < -0.4 is 10.2 Å². The van der Waals surface area contributed by atoms with Gasteiger partial charge in [-0.25, -0.2) is 4.79 Å². The average molecular weight is 402 g/mol. The number of carbonyl (C=O) groups excluding carboxylic acids is 2. The van der Waals surface area contributed by atoms with Gasteiger partial charge in [0.05, 0.1) is 19.8 Å². The third kappa shape index (κ3) is 3.97. The number of hydrogen-bond acceptors (Lipinski definition) is 5. The molecule has 0 unspecified atom stereocenters. The van der Waals surface area contributed by atoms with Crippen molar-refractivity contribution in [3.63, 3.8) is 0 Å². The van der Waals surface area contributed by atoms with E-state index in [1.54, 1.807) is 23.9 Å². The van der Waals surface area contributed by atoms with Crippen molar-refractivity contribution in [1.29, 1.82) is 0 Å². The molecule has 0 radical (unpaired) electrons. The molecule has 4 rings (SSSR count). The van der Waals surface area contributed by atoms with Gasteiger partial charge in [0.1, 0.15) is 6.10 Å². The van der Waals surface area contributed by atoms with Crippen molar-refractivity contribution in [2.75, 3.05) is 71.5 Å². The SMILES string of the molecule is CN(C)C(=O)N1C[C@@]2(CO[C@H](C(=O)NCCN3CCOCC3)C2)c2ccccc21. The summed E-state index contributed by atoms with van der Waals surface area (Å²) >= 11 is 0. The highest BCUT2D eigenvalue weighted by atomic mass is 16.5. The summed E-state index contributed by atoms with van der Waals surface area (Å²) in [6, 6.07) is 7.91. The number of para-hydroxylation sites is 1. The lowest BCUT2D eigenvalue weighted by molar-refractivity contribution is -0.130. The van der Waals surface area contributed by atoms with E-state index >= 15 is 0 Å². The Morgan fingerprint density at radius 3 is 2.76 bits per heavy atom. The third-order valence-electron chi connectivity index (χ3n) is 6.10. The molecule has 0 aliphatic carbocycles. The summed E-state index contributed by atoms with van der Waals surface area (Å²) in [5.74, 6) is -0.0648. The number of amides is 3. The highest BCUT2D eigenvalue weighted by molar-refractivity contribution is 5.95. The number of morpholine rings is 1. The number of benzene rings is 1. The number of nitrogens with zero attached hydrogens (tertiary/aromatic N) is 3. The Morgan fingerprint density at radius 2 is 2.00 bits per heavy atom. The molecule has 29 heavy (non-hydrogen) atoms. The van der Waals surface area contributed by atoms with Gasteiger partial charge in [0.15, 0.2) is 0 Å². The van der Waals surface area contributed by atoms with E-state index in [1.165, 1.54) is 0 Å². The van der Waals surface area contributed by atoms with Crippen molar-refractivity contribution < 1.29 is 19.1 Å². The van der Waals surface area contributed by atoms with Crippen molar-refractivity contribution in [3.05, 3.63) is 29.8 Å². The van der Waals surface area contributed by atoms with Gasteiger partial charge in [0.2, 0.25) is 5.91 Å². The Bertz CT molecular complexity index is 765. The van der Waals surface area contributed by atoms with Crippen LogP contribution in [0.25, 0.3) is 0 Å². The first kappa shape index (κ1) is 20.1. The minimum absolute atomic E-state index is 0.0484. The van der Waals surface area contributed by atoms with E-state index < -0.39 is 6.10 Å². The number of anilines is 1. The van der Waals surface area contributed by atoms with Crippen LogP contribution in [-0.4, -0.2) is 94.5 Å². The number of urea groups is 1.